The molecule has 0 radical (unpaired) electrons. The first kappa shape index (κ1) is 10.6. The molecule has 0 saturated heterocycles. The first-order valence-electron chi connectivity index (χ1n) is 5.38. The van der Waals surface area contributed by atoms with Crippen molar-refractivity contribution < 1.29 is 0 Å². The van der Waals surface area contributed by atoms with Crippen molar-refractivity contribution in [2.24, 2.45) is 0 Å². The van der Waals surface area contributed by atoms with Crippen LogP contribution in [0.15, 0.2) is 36.4 Å². The molecule has 0 saturated carbocycles. The average molecular weight is 213 g/mol. The van der Waals surface area contributed by atoms with Crippen LogP contribution in [0.25, 0.3) is 0 Å². The van der Waals surface area contributed by atoms with Crippen LogP contribution in [-0.2, 0) is 12.8 Å². The number of anilines is 1. The van der Waals surface area contributed by atoms with Gasteiger partial charge in [-0.25, -0.2) is 0 Å². The van der Waals surface area contributed by atoms with Crippen LogP contribution in [0.4, 0.5) is 5.82 Å². The summed E-state index contributed by atoms with van der Waals surface area (Å²) >= 11 is 0. The Morgan fingerprint density at radius 1 is 0.938 bits per heavy atom. The third kappa shape index (κ3) is 2.79. The van der Waals surface area contributed by atoms with Gasteiger partial charge in [0, 0.05) is 0 Å². The van der Waals surface area contributed by atoms with Crippen LogP contribution < -0.4 is 5.73 Å². The molecule has 0 amide bonds. The molecule has 1 aromatic carbocycles. The number of rotatable bonds is 3. The van der Waals surface area contributed by atoms with Crippen LogP contribution in [0.2, 0.25) is 0 Å². The zero-order chi connectivity index (χ0) is 11.4. The molecule has 0 spiro atoms. The first-order valence-corrected chi connectivity index (χ1v) is 5.38. The van der Waals surface area contributed by atoms with E-state index in [4.69, 9.17) is 5.73 Å². The molecule has 16 heavy (non-hydrogen) atoms. The van der Waals surface area contributed by atoms with Crippen LogP contribution in [-0.4, -0.2) is 10.2 Å². The second kappa shape index (κ2) is 4.75. The predicted octanol–water partition coefficient (Wildman–Crippen LogP) is 2.15. The van der Waals surface area contributed by atoms with Crippen molar-refractivity contribution in [1.29, 1.82) is 0 Å². The standard InChI is InChI=1S/C13H15N3/c1-10-2-4-11(5-3-10)6-7-12-8-9-13(14)16-15-12/h2-5,8-9H,6-7H2,1H3,(H2,14,16). The maximum Gasteiger partial charge on any atom is 0.146 e. The topological polar surface area (TPSA) is 51.8 Å². The third-order valence-electron chi connectivity index (χ3n) is 2.53. The molecule has 2 rings (SSSR count). The molecular weight excluding hydrogens is 198 g/mol. The van der Waals surface area contributed by atoms with Crippen molar-refractivity contribution in [1.82, 2.24) is 10.2 Å². The normalized spacial score (nSPS) is 10.3. The highest BCUT2D eigenvalue weighted by Crippen LogP contribution is 2.07. The number of hydrogen-bond donors (Lipinski definition) is 1. The fraction of sp³-hybridized carbons (Fsp3) is 0.231. The van der Waals surface area contributed by atoms with E-state index in [1.54, 1.807) is 6.07 Å². The molecule has 0 aliphatic heterocycles. The minimum Gasteiger partial charge on any atom is -0.382 e. The molecule has 0 atom stereocenters. The molecule has 1 aromatic heterocycles. The number of aryl methyl sites for hydroxylation is 3. The van der Waals surface area contributed by atoms with E-state index in [2.05, 4.69) is 41.4 Å². The minimum atomic E-state index is 0.471. The molecule has 0 aliphatic carbocycles. The number of aromatic nitrogens is 2. The van der Waals surface area contributed by atoms with Crippen LogP contribution in [0.1, 0.15) is 16.8 Å². The van der Waals surface area contributed by atoms with Crippen molar-refractivity contribution >= 4 is 5.82 Å². The van der Waals surface area contributed by atoms with E-state index >= 15 is 0 Å². The van der Waals surface area contributed by atoms with E-state index in [1.165, 1.54) is 11.1 Å². The molecule has 2 N–H and O–H groups in total. The lowest BCUT2D eigenvalue weighted by Gasteiger charge is -2.01. The van der Waals surface area contributed by atoms with Crippen molar-refractivity contribution in [3.05, 3.63) is 53.2 Å². The van der Waals surface area contributed by atoms with Gasteiger partial charge in [0.05, 0.1) is 5.69 Å². The summed E-state index contributed by atoms with van der Waals surface area (Å²) in [5.41, 5.74) is 9.07. The van der Waals surface area contributed by atoms with Crippen LogP contribution in [0.3, 0.4) is 0 Å². The molecule has 0 aliphatic rings. The summed E-state index contributed by atoms with van der Waals surface area (Å²) in [5, 5.41) is 7.87. The van der Waals surface area contributed by atoms with E-state index in [1.807, 2.05) is 6.07 Å². The number of nitrogen functional groups attached to an aromatic ring is 1. The highest BCUT2D eigenvalue weighted by Gasteiger charge is 1.97. The summed E-state index contributed by atoms with van der Waals surface area (Å²) < 4.78 is 0. The minimum absolute atomic E-state index is 0.471. The molecule has 3 heteroatoms. The monoisotopic (exact) mass is 213 g/mol. The summed E-state index contributed by atoms with van der Waals surface area (Å²) in [6.07, 6.45) is 1.88. The van der Waals surface area contributed by atoms with Gasteiger partial charge in [-0.3, -0.25) is 0 Å². The predicted molar refractivity (Wildman–Crippen MR) is 65.0 cm³/mol. The molecule has 2 aromatic rings. The highest BCUT2D eigenvalue weighted by molar-refractivity contribution is 5.26. The quantitative estimate of drug-likeness (QED) is 0.850. The Balaban J connectivity index is 1.97. The zero-order valence-corrected chi connectivity index (χ0v) is 9.35. The maximum absolute atomic E-state index is 5.48. The van der Waals surface area contributed by atoms with Gasteiger partial charge >= 0.3 is 0 Å². The largest absolute Gasteiger partial charge is 0.382 e. The molecule has 82 valence electrons. The van der Waals surface area contributed by atoms with Crippen LogP contribution in [0, 0.1) is 6.92 Å². The number of benzene rings is 1. The van der Waals surface area contributed by atoms with Crippen molar-refractivity contribution in [2.75, 3.05) is 5.73 Å². The lowest BCUT2D eigenvalue weighted by molar-refractivity contribution is 0.863. The maximum atomic E-state index is 5.48. The van der Waals surface area contributed by atoms with Gasteiger partial charge in [0.25, 0.3) is 0 Å². The smallest absolute Gasteiger partial charge is 0.146 e. The lowest BCUT2D eigenvalue weighted by atomic mass is 10.1. The Bertz CT molecular complexity index is 400. The Kier molecular flexibility index (Phi) is 3.15. The summed E-state index contributed by atoms with van der Waals surface area (Å²) in [7, 11) is 0. The molecule has 0 bridgehead atoms. The summed E-state index contributed by atoms with van der Waals surface area (Å²) in [5.74, 6) is 0.471. The van der Waals surface area contributed by atoms with Crippen molar-refractivity contribution in [3.63, 3.8) is 0 Å². The molecule has 3 nitrogen and oxygen atoms in total. The second-order valence-electron chi connectivity index (χ2n) is 3.94. The Morgan fingerprint density at radius 2 is 1.69 bits per heavy atom. The van der Waals surface area contributed by atoms with Gasteiger partial charge in [-0.05, 0) is 37.5 Å². The Labute approximate surface area is 95.3 Å². The number of nitrogens with zero attached hydrogens (tertiary/aromatic N) is 2. The van der Waals surface area contributed by atoms with Crippen LogP contribution >= 0.6 is 0 Å². The van der Waals surface area contributed by atoms with Gasteiger partial charge in [-0.15, -0.1) is 5.10 Å². The van der Waals surface area contributed by atoms with Gasteiger partial charge in [0.15, 0.2) is 0 Å². The van der Waals surface area contributed by atoms with Crippen molar-refractivity contribution in [2.45, 2.75) is 19.8 Å². The van der Waals surface area contributed by atoms with Gasteiger partial charge in [0.1, 0.15) is 5.82 Å². The lowest BCUT2D eigenvalue weighted by Crippen LogP contribution is -1.99. The Morgan fingerprint density at radius 3 is 2.31 bits per heavy atom. The van der Waals surface area contributed by atoms with Crippen LogP contribution in [0.5, 0.6) is 0 Å². The fourth-order valence-electron chi connectivity index (χ4n) is 1.53. The zero-order valence-electron chi connectivity index (χ0n) is 9.35. The Hall–Kier alpha value is -1.90. The highest BCUT2D eigenvalue weighted by atomic mass is 15.1. The van der Waals surface area contributed by atoms with Gasteiger partial charge in [-0.1, -0.05) is 29.8 Å². The molecule has 1 heterocycles. The van der Waals surface area contributed by atoms with E-state index in [9.17, 15) is 0 Å². The third-order valence-corrected chi connectivity index (χ3v) is 2.53. The van der Waals surface area contributed by atoms with Gasteiger partial charge in [0.2, 0.25) is 0 Å². The van der Waals surface area contributed by atoms with E-state index in [0.717, 1.165) is 18.5 Å². The van der Waals surface area contributed by atoms with Gasteiger partial charge < -0.3 is 5.73 Å². The fourth-order valence-corrected chi connectivity index (χ4v) is 1.53. The number of nitrogens with two attached hydrogens (primary N) is 1. The molecule has 0 fully saturated rings. The van der Waals surface area contributed by atoms with Gasteiger partial charge in [-0.2, -0.15) is 5.10 Å². The first-order chi connectivity index (χ1) is 7.74. The van der Waals surface area contributed by atoms with E-state index in [0.29, 0.717) is 5.82 Å². The molecule has 0 unspecified atom stereocenters. The summed E-state index contributed by atoms with van der Waals surface area (Å²) in [4.78, 5) is 0. The van der Waals surface area contributed by atoms with E-state index in [-0.39, 0.29) is 0 Å². The summed E-state index contributed by atoms with van der Waals surface area (Å²) in [6.45, 7) is 2.09. The summed E-state index contributed by atoms with van der Waals surface area (Å²) in [6, 6.07) is 12.3. The van der Waals surface area contributed by atoms with Crippen molar-refractivity contribution in [3.8, 4) is 0 Å². The average Bonchev–Trinajstić information content (AvgIpc) is 2.30. The molecular formula is C13H15N3. The van der Waals surface area contributed by atoms with E-state index < -0.39 is 0 Å². The number of hydrogen-bond acceptors (Lipinski definition) is 3. The second-order valence-corrected chi connectivity index (χ2v) is 3.94. The SMILES string of the molecule is Cc1ccc(CCc2ccc(N)nn2)cc1.